The largest absolute Gasteiger partial charge is 0.497 e. The second-order valence-electron chi connectivity index (χ2n) is 4.39. The maximum Gasteiger partial charge on any atom is 0.145 e. The van der Waals surface area contributed by atoms with Crippen molar-refractivity contribution in [1.82, 2.24) is 0 Å². The second kappa shape index (κ2) is 7.39. The molecule has 0 aliphatic heterocycles. The molecule has 4 nitrogen and oxygen atoms in total. The molecule has 0 aliphatic rings. The third kappa shape index (κ3) is 3.72. The van der Waals surface area contributed by atoms with Gasteiger partial charge in [0.2, 0.25) is 0 Å². The molecule has 0 heterocycles. The van der Waals surface area contributed by atoms with Gasteiger partial charge in [-0.15, -0.1) is 0 Å². The first kappa shape index (κ1) is 15.7. The molecule has 0 unspecified atom stereocenters. The van der Waals surface area contributed by atoms with E-state index in [0.29, 0.717) is 22.1 Å². The van der Waals surface area contributed by atoms with Gasteiger partial charge in [0.1, 0.15) is 17.6 Å². The van der Waals surface area contributed by atoms with Gasteiger partial charge in [-0.1, -0.05) is 23.7 Å². The minimum atomic E-state index is 0.495. The summed E-state index contributed by atoms with van der Waals surface area (Å²) in [6.45, 7) is 0. The summed E-state index contributed by atoms with van der Waals surface area (Å²) < 4.78 is 10.5. The van der Waals surface area contributed by atoms with E-state index >= 15 is 0 Å². The second-order valence-corrected chi connectivity index (χ2v) is 4.82. The third-order valence-electron chi connectivity index (χ3n) is 3.06. The molecule has 2 rings (SSSR count). The number of ether oxygens (including phenoxy) is 2. The van der Waals surface area contributed by atoms with Crippen molar-refractivity contribution in [2.45, 2.75) is 0 Å². The van der Waals surface area contributed by atoms with Crippen molar-refractivity contribution in [2.75, 3.05) is 19.5 Å². The number of nitriles is 1. The van der Waals surface area contributed by atoms with Crippen LogP contribution in [0.15, 0.2) is 48.7 Å². The SMILES string of the molecule is COc1ccc(NC=C(C#N)c2ccc(Cl)cc2)c(OC)c1. The minimum Gasteiger partial charge on any atom is -0.497 e. The smallest absolute Gasteiger partial charge is 0.145 e. The molecule has 0 atom stereocenters. The fraction of sp³-hybridized carbons (Fsp3) is 0.118. The van der Waals surface area contributed by atoms with E-state index in [1.54, 1.807) is 50.8 Å². The van der Waals surface area contributed by atoms with E-state index in [-0.39, 0.29) is 0 Å². The Kier molecular flexibility index (Phi) is 5.29. The molecule has 0 saturated heterocycles. The van der Waals surface area contributed by atoms with Gasteiger partial charge in [-0.25, -0.2) is 0 Å². The van der Waals surface area contributed by atoms with Crippen LogP contribution < -0.4 is 14.8 Å². The Balaban J connectivity index is 2.26. The van der Waals surface area contributed by atoms with Crippen molar-refractivity contribution in [1.29, 1.82) is 5.26 Å². The van der Waals surface area contributed by atoms with E-state index in [0.717, 1.165) is 11.3 Å². The zero-order valence-corrected chi connectivity index (χ0v) is 13.0. The van der Waals surface area contributed by atoms with Gasteiger partial charge in [0.15, 0.2) is 0 Å². The van der Waals surface area contributed by atoms with Crippen LogP contribution in [0.3, 0.4) is 0 Å². The highest BCUT2D eigenvalue weighted by molar-refractivity contribution is 6.30. The number of anilines is 1. The Morgan fingerprint density at radius 2 is 1.86 bits per heavy atom. The summed E-state index contributed by atoms with van der Waals surface area (Å²) in [6, 6.07) is 14.6. The topological polar surface area (TPSA) is 54.3 Å². The fourth-order valence-corrected chi connectivity index (χ4v) is 2.00. The molecular weight excluding hydrogens is 300 g/mol. The Bertz CT molecular complexity index is 718. The molecule has 0 aromatic heterocycles. The number of methoxy groups -OCH3 is 2. The highest BCUT2D eigenvalue weighted by Crippen LogP contribution is 2.29. The predicted octanol–water partition coefficient (Wildman–Crippen LogP) is 4.33. The van der Waals surface area contributed by atoms with Crippen LogP contribution in [0.25, 0.3) is 5.57 Å². The normalized spacial score (nSPS) is 10.7. The lowest BCUT2D eigenvalue weighted by Gasteiger charge is -2.10. The van der Waals surface area contributed by atoms with Gasteiger partial charge in [0.25, 0.3) is 0 Å². The van der Waals surface area contributed by atoms with Crippen LogP contribution in [-0.4, -0.2) is 14.2 Å². The monoisotopic (exact) mass is 314 g/mol. The van der Waals surface area contributed by atoms with Gasteiger partial charge in [-0.3, -0.25) is 0 Å². The zero-order valence-electron chi connectivity index (χ0n) is 12.3. The summed E-state index contributed by atoms with van der Waals surface area (Å²) in [5.74, 6) is 1.33. The van der Waals surface area contributed by atoms with E-state index in [1.165, 1.54) is 0 Å². The summed E-state index contributed by atoms with van der Waals surface area (Å²) in [5.41, 5.74) is 2.02. The fourth-order valence-electron chi connectivity index (χ4n) is 1.88. The lowest BCUT2D eigenvalue weighted by molar-refractivity contribution is 0.395. The summed E-state index contributed by atoms with van der Waals surface area (Å²) in [5, 5.41) is 13.0. The van der Waals surface area contributed by atoms with Crippen molar-refractivity contribution in [3.05, 3.63) is 59.3 Å². The van der Waals surface area contributed by atoms with Crippen LogP contribution in [-0.2, 0) is 0 Å². The van der Waals surface area contributed by atoms with Crippen molar-refractivity contribution >= 4 is 22.9 Å². The molecule has 2 aromatic rings. The Morgan fingerprint density at radius 1 is 1.14 bits per heavy atom. The number of nitrogens with zero attached hydrogens (tertiary/aromatic N) is 1. The van der Waals surface area contributed by atoms with E-state index in [2.05, 4.69) is 11.4 Å². The number of nitrogens with one attached hydrogen (secondary N) is 1. The molecule has 0 fully saturated rings. The highest BCUT2D eigenvalue weighted by atomic mass is 35.5. The molecular formula is C17H15ClN2O2. The molecule has 112 valence electrons. The van der Waals surface area contributed by atoms with Crippen molar-refractivity contribution < 1.29 is 9.47 Å². The number of rotatable bonds is 5. The first-order valence-corrected chi connectivity index (χ1v) is 6.90. The molecule has 0 saturated carbocycles. The maximum atomic E-state index is 9.29. The molecule has 2 aromatic carbocycles. The quantitative estimate of drug-likeness (QED) is 0.834. The van der Waals surface area contributed by atoms with Crippen LogP contribution >= 0.6 is 11.6 Å². The molecule has 5 heteroatoms. The first-order valence-electron chi connectivity index (χ1n) is 6.52. The van der Waals surface area contributed by atoms with Crippen LogP contribution in [0.1, 0.15) is 5.56 Å². The van der Waals surface area contributed by atoms with Crippen LogP contribution in [0.4, 0.5) is 5.69 Å². The zero-order chi connectivity index (χ0) is 15.9. The third-order valence-corrected chi connectivity index (χ3v) is 3.31. The lowest BCUT2D eigenvalue weighted by Crippen LogP contribution is -1.95. The maximum absolute atomic E-state index is 9.29. The molecule has 0 spiro atoms. The van der Waals surface area contributed by atoms with Gasteiger partial charge in [0, 0.05) is 17.3 Å². The average molecular weight is 315 g/mol. The molecule has 0 amide bonds. The van der Waals surface area contributed by atoms with E-state index in [4.69, 9.17) is 21.1 Å². The van der Waals surface area contributed by atoms with Gasteiger partial charge < -0.3 is 14.8 Å². The summed E-state index contributed by atoms with van der Waals surface area (Å²) in [4.78, 5) is 0. The summed E-state index contributed by atoms with van der Waals surface area (Å²) in [7, 11) is 3.17. The summed E-state index contributed by atoms with van der Waals surface area (Å²) >= 11 is 5.85. The Hall–Kier alpha value is -2.64. The van der Waals surface area contributed by atoms with E-state index < -0.39 is 0 Å². The van der Waals surface area contributed by atoms with E-state index in [9.17, 15) is 5.26 Å². The Labute approximate surface area is 134 Å². The summed E-state index contributed by atoms with van der Waals surface area (Å²) in [6.07, 6.45) is 1.63. The van der Waals surface area contributed by atoms with Crippen LogP contribution in [0.2, 0.25) is 5.02 Å². The highest BCUT2D eigenvalue weighted by Gasteiger charge is 2.05. The molecule has 0 bridgehead atoms. The molecule has 22 heavy (non-hydrogen) atoms. The van der Waals surface area contributed by atoms with Crippen LogP contribution in [0.5, 0.6) is 11.5 Å². The molecule has 0 radical (unpaired) electrons. The average Bonchev–Trinajstić information content (AvgIpc) is 2.56. The van der Waals surface area contributed by atoms with Crippen LogP contribution in [0, 0.1) is 11.3 Å². The van der Waals surface area contributed by atoms with Gasteiger partial charge in [-0.05, 0) is 29.8 Å². The minimum absolute atomic E-state index is 0.495. The number of hydrogen-bond acceptors (Lipinski definition) is 4. The Morgan fingerprint density at radius 3 is 2.45 bits per heavy atom. The van der Waals surface area contributed by atoms with Gasteiger partial charge >= 0.3 is 0 Å². The number of halogens is 1. The molecule has 0 aliphatic carbocycles. The molecule has 1 N–H and O–H groups in total. The standard InChI is InChI=1S/C17H15ClN2O2/c1-21-15-7-8-16(17(9-15)22-2)20-11-13(10-19)12-3-5-14(18)6-4-12/h3-9,11,20H,1-2H3. The van der Waals surface area contributed by atoms with Crippen molar-refractivity contribution in [3.8, 4) is 17.6 Å². The van der Waals surface area contributed by atoms with Gasteiger partial charge in [-0.2, -0.15) is 5.26 Å². The van der Waals surface area contributed by atoms with Gasteiger partial charge in [0.05, 0.1) is 25.5 Å². The lowest BCUT2D eigenvalue weighted by atomic mass is 10.1. The number of hydrogen-bond donors (Lipinski definition) is 1. The van der Waals surface area contributed by atoms with E-state index in [1.807, 2.05) is 12.1 Å². The van der Waals surface area contributed by atoms with Crippen molar-refractivity contribution in [3.63, 3.8) is 0 Å². The number of benzene rings is 2. The van der Waals surface area contributed by atoms with Crippen molar-refractivity contribution in [2.24, 2.45) is 0 Å². The predicted molar refractivity (Wildman–Crippen MR) is 88.2 cm³/mol. The first-order chi connectivity index (χ1) is 10.7. The number of allylic oxidation sites excluding steroid dienone is 1.